The van der Waals surface area contributed by atoms with E-state index in [0.29, 0.717) is 0 Å². The number of aromatic nitrogens is 2. The summed E-state index contributed by atoms with van der Waals surface area (Å²) in [5, 5.41) is 3.91. The Morgan fingerprint density at radius 1 is 1.60 bits per heavy atom. The van der Waals surface area contributed by atoms with Crippen LogP contribution in [0.1, 0.15) is 10.4 Å². The maximum atomic E-state index is 13.3. The van der Waals surface area contributed by atoms with Crippen LogP contribution in [0.5, 0.6) is 0 Å². The van der Waals surface area contributed by atoms with Gasteiger partial charge in [0, 0.05) is 11.1 Å². The normalized spacial score (nSPS) is 10.6. The van der Waals surface area contributed by atoms with Crippen molar-refractivity contribution in [1.82, 2.24) is 9.61 Å². The van der Waals surface area contributed by atoms with Crippen LogP contribution in [0.15, 0.2) is 18.3 Å². The lowest BCUT2D eigenvalue weighted by Crippen LogP contribution is -2.01. The summed E-state index contributed by atoms with van der Waals surface area (Å²) in [4.78, 5) is 11.3. The highest BCUT2D eigenvalue weighted by molar-refractivity contribution is 6.31. The van der Waals surface area contributed by atoms with E-state index < -0.39 is 11.9 Å². The fraction of sp³-hybridized carbons (Fsp3) is 0.111. The molecule has 0 saturated heterocycles. The van der Waals surface area contributed by atoms with Crippen LogP contribution in [-0.2, 0) is 4.74 Å². The van der Waals surface area contributed by atoms with Crippen molar-refractivity contribution < 1.29 is 13.9 Å². The lowest BCUT2D eigenvalue weighted by atomic mass is 10.2. The van der Waals surface area contributed by atoms with Crippen LogP contribution in [-0.4, -0.2) is 22.7 Å². The average molecular weight is 229 g/mol. The van der Waals surface area contributed by atoms with Crippen molar-refractivity contribution in [2.75, 3.05) is 7.11 Å². The molecule has 0 aliphatic rings. The molecule has 15 heavy (non-hydrogen) atoms. The Balaban J connectivity index is 2.74. The molecule has 0 saturated carbocycles. The Labute approximate surface area is 89.2 Å². The van der Waals surface area contributed by atoms with Gasteiger partial charge in [0.15, 0.2) is 0 Å². The van der Waals surface area contributed by atoms with Crippen LogP contribution in [0, 0.1) is 5.95 Å². The first kappa shape index (κ1) is 9.92. The topological polar surface area (TPSA) is 43.6 Å². The molecule has 2 aromatic heterocycles. The summed E-state index contributed by atoms with van der Waals surface area (Å²) in [7, 11) is 1.24. The van der Waals surface area contributed by atoms with Crippen molar-refractivity contribution >= 4 is 23.1 Å². The number of nitrogens with zero attached hydrogens (tertiary/aromatic N) is 2. The number of carbonyl (C=O) groups is 1. The molecule has 0 bridgehead atoms. The van der Waals surface area contributed by atoms with E-state index in [-0.39, 0.29) is 16.1 Å². The van der Waals surface area contributed by atoms with Gasteiger partial charge < -0.3 is 4.74 Å². The Hall–Kier alpha value is -1.62. The number of pyridine rings is 1. The quantitative estimate of drug-likeness (QED) is 0.553. The monoisotopic (exact) mass is 228 g/mol. The van der Waals surface area contributed by atoms with E-state index in [0.717, 1.165) is 10.6 Å². The van der Waals surface area contributed by atoms with Crippen LogP contribution in [0.4, 0.5) is 4.39 Å². The van der Waals surface area contributed by atoms with Crippen LogP contribution in [0.2, 0.25) is 5.02 Å². The minimum Gasteiger partial charge on any atom is -0.465 e. The fourth-order valence-electron chi connectivity index (χ4n) is 1.28. The smallest absolute Gasteiger partial charge is 0.341 e. The highest BCUT2D eigenvalue weighted by atomic mass is 35.5. The van der Waals surface area contributed by atoms with E-state index in [9.17, 15) is 9.18 Å². The highest BCUT2D eigenvalue weighted by Gasteiger charge is 2.15. The molecular formula is C9H6ClFN2O2. The zero-order valence-corrected chi connectivity index (χ0v) is 8.45. The molecule has 2 aromatic rings. The van der Waals surface area contributed by atoms with E-state index in [1.54, 1.807) is 0 Å². The summed E-state index contributed by atoms with van der Waals surface area (Å²) in [5.41, 5.74) is 0.464. The number of fused-ring (bicyclic) bond motifs is 1. The first-order valence-electron chi connectivity index (χ1n) is 4.04. The lowest BCUT2D eigenvalue weighted by molar-refractivity contribution is 0.0603. The second-order valence-corrected chi connectivity index (χ2v) is 3.28. The number of halogens is 2. The van der Waals surface area contributed by atoms with Gasteiger partial charge in [0.2, 0.25) is 5.95 Å². The van der Waals surface area contributed by atoms with Gasteiger partial charge in [0.25, 0.3) is 0 Å². The molecule has 0 aromatic carbocycles. The van der Waals surface area contributed by atoms with Gasteiger partial charge in [-0.05, 0) is 6.07 Å². The average Bonchev–Trinajstić information content (AvgIpc) is 2.60. The maximum Gasteiger partial charge on any atom is 0.341 e. The van der Waals surface area contributed by atoms with Crippen LogP contribution >= 0.6 is 11.6 Å². The van der Waals surface area contributed by atoms with E-state index >= 15 is 0 Å². The first-order valence-corrected chi connectivity index (χ1v) is 4.42. The molecule has 0 amide bonds. The lowest BCUT2D eigenvalue weighted by Gasteiger charge is -1.99. The van der Waals surface area contributed by atoms with Crippen molar-refractivity contribution in [3.63, 3.8) is 0 Å². The van der Waals surface area contributed by atoms with Crippen LogP contribution in [0.25, 0.3) is 5.52 Å². The summed E-state index contributed by atoms with van der Waals surface area (Å²) in [6.45, 7) is 0. The van der Waals surface area contributed by atoms with Gasteiger partial charge in [0.1, 0.15) is 5.56 Å². The predicted octanol–water partition coefficient (Wildman–Crippen LogP) is 1.91. The van der Waals surface area contributed by atoms with Crippen LogP contribution < -0.4 is 0 Å². The number of hydrogen-bond acceptors (Lipinski definition) is 3. The van der Waals surface area contributed by atoms with Crippen molar-refractivity contribution in [2.24, 2.45) is 0 Å². The Morgan fingerprint density at radius 2 is 2.33 bits per heavy atom. The zero-order chi connectivity index (χ0) is 11.0. The second kappa shape index (κ2) is 3.51. The molecule has 0 atom stereocenters. The Bertz CT molecular complexity index is 538. The third-order valence-corrected chi connectivity index (χ3v) is 2.16. The summed E-state index contributed by atoms with van der Waals surface area (Å²) >= 11 is 5.67. The number of methoxy groups -OCH3 is 1. The molecule has 0 radical (unpaired) electrons. The van der Waals surface area contributed by atoms with E-state index in [2.05, 4.69) is 9.84 Å². The summed E-state index contributed by atoms with van der Waals surface area (Å²) in [6, 6.07) is 2.56. The van der Waals surface area contributed by atoms with E-state index in [1.165, 1.54) is 19.4 Å². The van der Waals surface area contributed by atoms with Gasteiger partial charge in [-0.25, -0.2) is 9.31 Å². The first-order chi connectivity index (χ1) is 7.13. The molecule has 0 fully saturated rings. The minimum absolute atomic E-state index is 0.180. The largest absolute Gasteiger partial charge is 0.465 e. The van der Waals surface area contributed by atoms with Gasteiger partial charge >= 0.3 is 5.97 Å². The van der Waals surface area contributed by atoms with Crippen molar-refractivity contribution in [1.29, 1.82) is 0 Å². The molecule has 2 heterocycles. The SMILES string of the molecule is COC(=O)c1cnn2c(F)cc(Cl)cc12. The van der Waals surface area contributed by atoms with Crippen molar-refractivity contribution in [2.45, 2.75) is 0 Å². The molecule has 0 spiro atoms. The number of ether oxygens (including phenoxy) is 1. The van der Waals surface area contributed by atoms with Gasteiger partial charge in [-0.2, -0.15) is 9.49 Å². The molecule has 0 N–H and O–H groups in total. The third kappa shape index (κ3) is 1.55. The molecule has 2 rings (SSSR count). The molecular weight excluding hydrogens is 223 g/mol. The van der Waals surface area contributed by atoms with Crippen LogP contribution in [0.3, 0.4) is 0 Å². The summed E-state index contributed by atoms with van der Waals surface area (Å²) in [6.07, 6.45) is 1.24. The maximum absolute atomic E-state index is 13.3. The van der Waals surface area contributed by atoms with E-state index in [4.69, 9.17) is 11.6 Å². The van der Waals surface area contributed by atoms with Gasteiger partial charge in [-0.1, -0.05) is 11.6 Å². The molecule has 0 aliphatic heterocycles. The number of carbonyl (C=O) groups excluding carboxylic acids is 1. The summed E-state index contributed by atoms with van der Waals surface area (Å²) in [5.74, 6) is -1.21. The number of hydrogen-bond donors (Lipinski definition) is 0. The fourth-order valence-corrected chi connectivity index (χ4v) is 1.47. The molecule has 4 nitrogen and oxygen atoms in total. The predicted molar refractivity (Wildman–Crippen MR) is 51.5 cm³/mol. The van der Waals surface area contributed by atoms with Gasteiger partial charge in [-0.3, -0.25) is 0 Å². The highest BCUT2D eigenvalue weighted by Crippen LogP contribution is 2.18. The third-order valence-electron chi connectivity index (χ3n) is 1.95. The van der Waals surface area contributed by atoms with Gasteiger partial charge in [0.05, 0.1) is 18.8 Å². The van der Waals surface area contributed by atoms with Crippen molar-refractivity contribution in [3.05, 3.63) is 34.9 Å². The zero-order valence-electron chi connectivity index (χ0n) is 7.70. The molecule has 78 valence electrons. The molecule has 0 aliphatic carbocycles. The Kier molecular flexibility index (Phi) is 2.32. The number of rotatable bonds is 1. The van der Waals surface area contributed by atoms with E-state index in [1.807, 2.05) is 0 Å². The minimum atomic E-state index is -0.632. The second-order valence-electron chi connectivity index (χ2n) is 2.84. The van der Waals surface area contributed by atoms with Crippen molar-refractivity contribution in [3.8, 4) is 0 Å². The standard InChI is InChI=1S/C9H6ClFN2O2/c1-15-9(14)6-4-12-13-7(6)2-5(10)3-8(13)11/h2-4H,1H3. The number of esters is 1. The Morgan fingerprint density at radius 3 is 3.00 bits per heavy atom. The molecule has 0 unspecified atom stereocenters. The molecule has 6 heteroatoms. The summed E-state index contributed by atoms with van der Waals surface area (Å²) < 4.78 is 18.8. The van der Waals surface area contributed by atoms with Gasteiger partial charge in [-0.15, -0.1) is 0 Å².